The van der Waals surface area contributed by atoms with E-state index in [9.17, 15) is 10.1 Å². The maximum absolute atomic E-state index is 11.0. The zero-order chi connectivity index (χ0) is 19.9. The van der Waals surface area contributed by atoms with Crippen molar-refractivity contribution in [2.75, 3.05) is 0 Å². The molecule has 0 aliphatic heterocycles. The Morgan fingerprint density at radius 1 is 1.04 bits per heavy atom. The van der Waals surface area contributed by atoms with Crippen LogP contribution in [0.3, 0.4) is 0 Å². The second-order valence-electron chi connectivity index (χ2n) is 6.04. The average molecular weight is 390 g/mol. The molecule has 0 bridgehead atoms. The van der Waals surface area contributed by atoms with E-state index in [2.05, 4.69) is 6.07 Å². The molecule has 0 amide bonds. The smallest absolute Gasteiger partial charge is 0.335 e. The molecule has 0 aliphatic carbocycles. The van der Waals surface area contributed by atoms with Crippen molar-refractivity contribution < 1.29 is 14.6 Å². The second kappa shape index (κ2) is 8.90. The molecule has 0 saturated carbocycles. The van der Waals surface area contributed by atoms with Gasteiger partial charge in [-0.05, 0) is 59.2 Å². The summed E-state index contributed by atoms with van der Waals surface area (Å²) in [7, 11) is 0. The number of benzene rings is 3. The van der Waals surface area contributed by atoms with Crippen molar-refractivity contribution in [1.29, 1.82) is 5.26 Å². The highest BCUT2D eigenvalue weighted by Gasteiger charge is 2.05. The minimum atomic E-state index is -0.967. The summed E-state index contributed by atoms with van der Waals surface area (Å²) in [6.45, 7) is 0.266. The van der Waals surface area contributed by atoms with Gasteiger partial charge in [-0.25, -0.2) is 4.79 Å². The van der Waals surface area contributed by atoms with E-state index < -0.39 is 5.97 Å². The van der Waals surface area contributed by atoms with Crippen molar-refractivity contribution in [2.24, 2.45) is 0 Å². The van der Waals surface area contributed by atoms with Crippen molar-refractivity contribution in [3.63, 3.8) is 0 Å². The van der Waals surface area contributed by atoms with Crippen LogP contribution in [0, 0.1) is 11.3 Å². The lowest BCUT2D eigenvalue weighted by atomic mass is 10.0. The van der Waals surface area contributed by atoms with Gasteiger partial charge in [-0.1, -0.05) is 48.0 Å². The molecule has 0 radical (unpaired) electrons. The fourth-order valence-electron chi connectivity index (χ4n) is 2.62. The molecule has 0 atom stereocenters. The highest BCUT2D eigenvalue weighted by atomic mass is 35.5. The number of aromatic carboxylic acids is 1. The van der Waals surface area contributed by atoms with Crippen LogP contribution in [0.2, 0.25) is 5.02 Å². The van der Waals surface area contributed by atoms with Crippen LogP contribution in [0.4, 0.5) is 0 Å². The molecular formula is C23H16ClNO3. The Labute approximate surface area is 167 Å². The van der Waals surface area contributed by atoms with Crippen LogP contribution in [0.15, 0.2) is 72.8 Å². The van der Waals surface area contributed by atoms with E-state index in [-0.39, 0.29) is 12.2 Å². The highest BCUT2D eigenvalue weighted by molar-refractivity contribution is 6.30. The first kappa shape index (κ1) is 19.2. The first-order valence-electron chi connectivity index (χ1n) is 8.48. The monoisotopic (exact) mass is 389 g/mol. The van der Waals surface area contributed by atoms with Crippen molar-refractivity contribution in [3.05, 3.63) is 100 Å². The van der Waals surface area contributed by atoms with Gasteiger partial charge in [0, 0.05) is 5.02 Å². The Hall–Kier alpha value is -3.55. The van der Waals surface area contributed by atoms with Crippen LogP contribution in [-0.2, 0) is 6.61 Å². The van der Waals surface area contributed by atoms with E-state index in [1.807, 2.05) is 24.3 Å². The average Bonchev–Trinajstić information content (AvgIpc) is 2.71. The molecule has 3 aromatic rings. The first-order valence-corrected chi connectivity index (χ1v) is 8.86. The third-order valence-corrected chi connectivity index (χ3v) is 4.26. The van der Waals surface area contributed by atoms with E-state index in [0.717, 1.165) is 16.7 Å². The minimum absolute atomic E-state index is 0.228. The van der Waals surface area contributed by atoms with Gasteiger partial charge in [-0.15, -0.1) is 0 Å². The molecule has 0 spiro atoms. The molecule has 3 aromatic carbocycles. The number of nitrogens with zero attached hydrogens (tertiary/aromatic N) is 1. The maximum Gasteiger partial charge on any atom is 0.335 e. The third-order valence-electron chi connectivity index (χ3n) is 4.03. The molecule has 28 heavy (non-hydrogen) atoms. The molecule has 138 valence electrons. The van der Waals surface area contributed by atoms with E-state index >= 15 is 0 Å². The Kier molecular flexibility index (Phi) is 6.11. The van der Waals surface area contributed by atoms with Gasteiger partial charge in [0.2, 0.25) is 0 Å². The largest absolute Gasteiger partial charge is 0.489 e. The van der Waals surface area contributed by atoms with Crippen LogP contribution < -0.4 is 4.74 Å². The fourth-order valence-corrected chi connectivity index (χ4v) is 2.81. The molecule has 1 N–H and O–H groups in total. The number of allylic oxidation sites excluding steroid dienone is 1. The molecule has 0 aromatic heterocycles. The van der Waals surface area contributed by atoms with Crippen LogP contribution in [0.5, 0.6) is 5.75 Å². The number of halogens is 1. The summed E-state index contributed by atoms with van der Waals surface area (Å²) < 4.78 is 5.72. The summed E-state index contributed by atoms with van der Waals surface area (Å²) in [4.78, 5) is 11.0. The van der Waals surface area contributed by atoms with Crippen LogP contribution in [0.1, 0.15) is 27.0 Å². The maximum atomic E-state index is 11.0. The molecule has 0 fully saturated rings. The number of ether oxygens (including phenoxy) is 1. The lowest BCUT2D eigenvalue weighted by Gasteiger charge is -2.07. The zero-order valence-corrected chi connectivity index (χ0v) is 15.6. The SMILES string of the molecule is N#CC(=Cc1ccc(OCc2cccc(C(=O)O)c2)cc1)c1cccc(Cl)c1. The number of hydrogen-bond acceptors (Lipinski definition) is 3. The quantitative estimate of drug-likeness (QED) is 0.434. The summed E-state index contributed by atoms with van der Waals surface area (Å²) in [5, 5.41) is 19.0. The minimum Gasteiger partial charge on any atom is -0.489 e. The molecule has 0 heterocycles. The third kappa shape index (κ3) is 5.00. The van der Waals surface area contributed by atoms with Crippen LogP contribution in [-0.4, -0.2) is 11.1 Å². The summed E-state index contributed by atoms with van der Waals surface area (Å²) in [6, 6.07) is 23.3. The van der Waals surface area contributed by atoms with Gasteiger partial charge >= 0.3 is 5.97 Å². The Bertz CT molecular complexity index is 1070. The fraction of sp³-hybridized carbons (Fsp3) is 0.0435. The van der Waals surface area contributed by atoms with Crippen LogP contribution in [0.25, 0.3) is 11.6 Å². The summed E-state index contributed by atoms with van der Waals surface area (Å²) in [6.07, 6.45) is 1.78. The van der Waals surface area contributed by atoms with Crippen molar-refractivity contribution in [2.45, 2.75) is 6.61 Å². The summed E-state index contributed by atoms with van der Waals surface area (Å²) >= 11 is 6.00. The predicted molar refractivity (Wildman–Crippen MR) is 109 cm³/mol. The van der Waals surface area contributed by atoms with Gasteiger partial charge in [0.1, 0.15) is 12.4 Å². The van der Waals surface area contributed by atoms with Gasteiger partial charge < -0.3 is 9.84 Å². The lowest BCUT2D eigenvalue weighted by Crippen LogP contribution is -2.00. The summed E-state index contributed by atoms with van der Waals surface area (Å²) in [5.41, 5.74) is 3.13. The van der Waals surface area contributed by atoms with Gasteiger partial charge in [-0.2, -0.15) is 5.26 Å². The number of carboxylic acids is 1. The highest BCUT2D eigenvalue weighted by Crippen LogP contribution is 2.22. The van der Waals surface area contributed by atoms with E-state index in [0.29, 0.717) is 16.3 Å². The molecule has 3 rings (SSSR count). The number of carbonyl (C=O) groups is 1. The van der Waals surface area contributed by atoms with Crippen molar-refractivity contribution in [3.8, 4) is 11.8 Å². The van der Waals surface area contributed by atoms with Gasteiger partial charge in [0.25, 0.3) is 0 Å². The second-order valence-corrected chi connectivity index (χ2v) is 6.48. The summed E-state index contributed by atoms with van der Waals surface area (Å²) in [5.74, 6) is -0.315. The van der Waals surface area contributed by atoms with Crippen molar-refractivity contribution in [1.82, 2.24) is 0 Å². The number of rotatable bonds is 6. The number of nitriles is 1. The van der Waals surface area contributed by atoms with Gasteiger partial charge in [0.15, 0.2) is 0 Å². The standard InChI is InChI=1S/C23H16ClNO3/c24-21-6-2-4-18(13-21)20(14-25)11-16-7-9-22(10-8-16)28-15-17-3-1-5-19(12-17)23(26)27/h1-13H,15H2,(H,26,27). The topological polar surface area (TPSA) is 70.3 Å². The Balaban J connectivity index is 1.70. The van der Waals surface area contributed by atoms with Gasteiger partial charge in [0.05, 0.1) is 17.2 Å². The zero-order valence-electron chi connectivity index (χ0n) is 14.8. The molecule has 5 heteroatoms. The predicted octanol–water partition coefficient (Wildman–Crippen LogP) is 5.68. The molecule has 0 saturated heterocycles. The first-order chi connectivity index (χ1) is 13.5. The van der Waals surface area contributed by atoms with Crippen molar-refractivity contribution >= 4 is 29.2 Å². The molecule has 0 aliphatic rings. The van der Waals surface area contributed by atoms with Crippen LogP contribution >= 0.6 is 11.6 Å². The Morgan fingerprint density at radius 3 is 2.43 bits per heavy atom. The van der Waals surface area contributed by atoms with E-state index in [1.54, 1.807) is 54.6 Å². The molecular weight excluding hydrogens is 374 g/mol. The van der Waals surface area contributed by atoms with E-state index in [1.165, 1.54) is 0 Å². The Morgan fingerprint density at radius 2 is 1.75 bits per heavy atom. The normalized spacial score (nSPS) is 10.9. The van der Waals surface area contributed by atoms with E-state index in [4.69, 9.17) is 21.4 Å². The number of carboxylic acid groups (broad SMARTS) is 1. The lowest BCUT2D eigenvalue weighted by molar-refractivity contribution is 0.0696. The van der Waals surface area contributed by atoms with Gasteiger partial charge in [-0.3, -0.25) is 0 Å². The molecule has 4 nitrogen and oxygen atoms in total. The molecule has 0 unspecified atom stereocenters. The number of hydrogen-bond donors (Lipinski definition) is 1.